The molecule has 0 aromatic heterocycles. The molecule has 1 nitrogen and oxygen atoms in total. The Bertz CT molecular complexity index is 538. The normalized spacial score (nSPS) is 10.6. The summed E-state index contributed by atoms with van der Waals surface area (Å²) in [6.45, 7) is 3.30. The van der Waals surface area contributed by atoms with E-state index in [0.717, 1.165) is 16.7 Å². The Morgan fingerprint density at radius 3 is 2.50 bits per heavy atom. The quantitative estimate of drug-likeness (QED) is 0.748. The van der Waals surface area contributed by atoms with Crippen LogP contribution in [0.4, 0.5) is 0 Å². The van der Waals surface area contributed by atoms with Crippen LogP contribution in [-0.4, -0.2) is 6.61 Å². The van der Waals surface area contributed by atoms with Crippen molar-refractivity contribution in [3.8, 4) is 11.1 Å². The van der Waals surface area contributed by atoms with E-state index in [1.54, 1.807) is 0 Å². The minimum absolute atomic E-state index is 0.570. The van der Waals surface area contributed by atoms with Gasteiger partial charge in [-0.1, -0.05) is 53.5 Å². The summed E-state index contributed by atoms with van der Waals surface area (Å²) >= 11 is 12.0. The number of ether oxygens (including phenoxy) is 1. The van der Waals surface area contributed by atoms with Crippen LogP contribution >= 0.6 is 23.2 Å². The van der Waals surface area contributed by atoms with E-state index < -0.39 is 0 Å². The zero-order valence-corrected chi connectivity index (χ0v) is 11.6. The number of halogens is 2. The second kappa shape index (κ2) is 6.24. The zero-order chi connectivity index (χ0) is 13.0. The van der Waals surface area contributed by atoms with E-state index in [0.29, 0.717) is 23.3 Å². The lowest BCUT2D eigenvalue weighted by atomic mass is 10.0. The largest absolute Gasteiger partial charge is 0.377 e. The van der Waals surface area contributed by atoms with Gasteiger partial charge < -0.3 is 4.74 Å². The van der Waals surface area contributed by atoms with Crippen LogP contribution in [0, 0.1) is 0 Å². The monoisotopic (exact) mass is 280 g/mol. The maximum atomic E-state index is 6.06. The summed E-state index contributed by atoms with van der Waals surface area (Å²) in [6, 6.07) is 13.8. The summed E-state index contributed by atoms with van der Waals surface area (Å²) in [5.41, 5.74) is 3.34. The van der Waals surface area contributed by atoms with Gasteiger partial charge in [-0.05, 0) is 35.7 Å². The van der Waals surface area contributed by atoms with Gasteiger partial charge in [0.25, 0.3) is 0 Å². The van der Waals surface area contributed by atoms with Crippen molar-refractivity contribution in [1.82, 2.24) is 0 Å². The van der Waals surface area contributed by atoms with Gasteiger partial charge in [0.2, 0.25) is 0 Å². The topological polar surface area (TPSA) is 9.23 Å². The molecule has 0 saturated heterocycles. The van der Waals surface area contributed by atoms with Crippen molar-refractivity contribution in [3.63, 3.8) is 0 Å². The highest BCUT2D eigenvalue weighted by atomic mass is 35.5. The van der Waals surface area contributed by atoms with Crippen molar-refractivity contribution < 1.29 is 4.74 Å². The molecule has 0 aliphatic rings. The number of hydrogen-bond donors (Lipinski definition) is 0. The molecule has 0 fully saturated rings. The molecule has 18 heavy (non-hydrogen) atoms. The van der Waals surface area contributed by atoms with Gasteiger partial charge in [0, 0.05) is 6.61 Å². The number of hydrogen-bond acceptors (Lipinski definition) is 1. The van der Waals surface area contributed by atoms with Crippen molar-refractivity contribution in [2.24, 2.45) is 0 Å². The third kappa shape index (κ3) is 3.05. The van der Waals surface area contributed by atoms with E-state index in [4.69, 9.17) is 27.9 Å². The molecule has 0 unspecified atom stereocenters. The zero-order valence-electron chi connectivity index (χ0n) is 10.1. The van der Waals surface area contributed by atoms with Gasteiger partial charge in [0.1, 0.15) is 0 Å². The fourth-order valence-electron chi connectivity index (χ4n) is 1.80. The van der Waals surface area contributed by atoms with Crippen molar-refractivity contribution in [2.75, 3.05) is 6.61 Å². The smallest absolute Gasteiger partial charge is 0.0722 e. The average molecular weight is 281 g/mol. The molecule has 0 heterocycles. The van der Waals surface area contributed by atoms with Crippen LogP contribution in [0.5, 0.6) is 0 Å². The molecule has 0 bridgehead atoms. The van der Waals surface area contributed by atoms with Crippen molar-refractivity contribution >= 4 is 23.2 Å². The van der Waals surface area contributed by atoms with E-state index >= 15 is 0 Å². The van der Waals surface area contributed by atoms with E-state index in [1.807, 2.05) is 37.3 Å². The van der Waals surface area contributed by atoms with Gasteiger partial charge in [0.15, 0.2) is 0 Å². The predicted octanol–water partition coefficient (Wildman–Crippen LogP) is 5.20. The minimum atomic E-state index is 0.570. The van der Waals surface area contributed by atoms with Gasteiger partial charge in [-0.3, -0.25) is 0 Å². The molecule has 2 rings (SSSR count). The summed E-state index contributed by atoms with van der Waals surface area (Å²) in [5.74, 6) is 0. The Hall–Kier alpha value is -1.02. The summed E-state index contributed by atoms with van der Waals surface area (Å²) < 4.78 is 5.48. The molecule has 0 radical (unpaired) electrons. The molecular weight excluding hydrogens is 267 g/mol. The highest BCUT2D eigenvalue weighted by molar-refractivity contribution is 6.42. The fraction of sp³-hybridized carbons (Fsp3) is 0.200. The van der Waals surface area contributed by atoms with Crippen LogP contribution in [0.3, 0.4) is 0 Å². The third-order valence-corrected chi connectivity index (χ3v) is 3.45. The maximum absolute atomic E-state index is 6.06. The van der Waals surface area contributed by atoms with Gasteiger partial charge in [-0.2, -0.15) is 0 Å². The standard InChI is InChI=1S/C15H14Cl2O/c1-2-18-10-12-5-3-4-6-13(12)11-7-8-14(16)15(17)9-11/h3-9H,2,10H2,1H3. The molecule has 0 spiro atoms. The summed E-state index contributed by atoms with van der Waals surface area (Å²) in [5, 5.41) is 1.14. The first kappa shape index (κ1) is 13.4. The first-order valence-corrected chi connectivity index (χ1v) is 6.59. The summed E-state index contributed by atoms with van der Waals surface area (Å²) in [7, 11) is 0. The molecule has 0 aliphatic heterocycles. The van der Waals surface area contributed by atoms with Crippen LogP contribution in [0.15, 0.2) is 42.5 Å². The minimum Gasteiger partial charge on any atom is -0.377 e. The van der Waals surface area contributed by atoms with Crippen LogP contribution in [0.2, 0.25) is 10.0 Å². The Kier molecular flexibility index (Phi) is 4.65. The van der Waals surface area contributed by atoms with E-state index in [-0.39, 0.29) is 0 Å². The lowest BCUT2D eigenvalue weighted by Crippen LogP contribution is -1.94. The molecule has 0 saturated carbocycles. The first-order valence-electron chi connectivity index (χ1n) is 5.83. The predicted molar refractivity (Wildman–Crippen MR) is 77.2 cm³/mol. The fourth-order valence-corrected chi connectivity index (χ4v) is 2.10. The summed E-state index contributed by atoms with van der Waals surface area (Å²) in [6.07, 6.45) is 0. The third-order valence-electron chi connectivity index (χ3n) is 2.71. The molecule has 3 heteroatoms. The molecule has 0 amide bonds. The summed E-state index contributed by atoms with van der Waals surface area (Å²) in [4.78, 5) is 0. The second-order valence-corrected chi connectivity index (χ2v) is 4.74. The Balaban J connectivity index is 2.39. The van der Waals surface area contributed by atoms with Crippen LogP contribution in [0.1, 0.15) is 12.5 Å². The van der Waals surface area contributed by atoms with E-state index in [9.17, 15) is 0 Å². The number of benzene rings is 2. The van der Waals surface area contributed by atoms with E-state index in [2.05, 4.69) is 12.1 Å². The maximum Gasteiger partial charge on any atom is 0.0722 e. The molecule has 0 aliphatic carbocycles. The van der Waals surface area contributed by atoms with E-state index in [1.165, 1.54) is 0 Å². The molecule has 94 valence electrons. The van der Waals surface area contributed by atoms with Gasteiger partial charge >= 0.3 is 0 Å². The Morgan fingerprint density at radius 2 is 1.78 bits per heavy atom. The molecule has 0 N–H and O–H groups in total. The Morgan fingerprint density at radius 1 is 1.00 bits per heavy atom. The van der Waals surface area contributed by atoms with Crippen molar-refractivity contribution in [1.29, 1.82) is 0 Å². The van der Waals surface area contributed by atoms with Crippen molar-refractivity contribution in [3.05, 3.63) is 58.1 Å². The van der Waals surface area contributed by atoms with Gasteiger partial charge in [0.05, 0.1) is 16.7 Å². The first-order chi connectivity index (χ1) is 8.72. The SMILES string of the molecule is CCOCc1ccccc1-c1ccc(Cl)c(Cl)c1. The molecule has 2 aromatic rings. The average Bonchev–Trinajstić information content (AvgIpc) is 2.40. The van der Waals surface area contributed by atoms with Crippen LogP contribution in [0.25, 0.3) is 11.1 Å². The second-order valence-electron chi connectivity index (χ2n) is 3.92. The Labute approximate surface area is 117 Å². The lowest BCUT2D eigenvalue weighted by Gasteiger charge is -2.10. The van der Waals surface area contributed by atoms with Gasteiger partial charge in [-0.25, -0.2) is 0 Å². The molecular formula is C15H14Cl2O. The van der Waals surface area contributed by atoms with Crippen molar-refractivity contribution in [2.45, 2.75) is 13.5 Å². The highest BCUT2D eigenvalue weighted by Crippen LogP contribution is 2.30. The number of rotatable bonds is 4. The van der Waals surface area contributed by atoms with Crippen LogP contribution < -0.4 is 0 Å². The highest BCUT2D eigenvalue weighted by Gasteiger charge is 2.06. The van der Waals surface area contributed by atoms with Gasteiger partial charge in [-0.15, -0.1) is 0 Å². The molecule has 2 aromatic carbocycles. The molecule has 0 atom stereocenters. The van der Waals surface area contributed by atoms with Crippen LogP contribution in [-0.2, 0) is 11.3 Å². The lowest BCUT2D eigenvalue weighted by molar-refractivity contribution is 0.134.